The highest BCUT2D eigenvalue weighted by Crippen LogP contribution is 2.09. The van der Waals surface area contributed by atoms with Gasteiger partial charge in [-0.15, -0.1) is 0 Å². The van der Waals surface area contributed by atoms with Gasteiger partial charge in [-0.05, 0) is 0 Å². The van der Waals surface area contributed by atoms with Gasteiger partial charge >= 0.3 is 5.69 Å². The third kappa shape index (κ3) is 4.75. The number of amides is 1. The lowest BCUT2D eigenvalue weighted by molar-refractivity contribution is -0.132. The second-order valence-electron chi connectivity index (χ2n) is 7.44. The molecular formula is C17H26N6O5S. The van der Waals surface area contributed by atoms with E-state index < -0.39 is 21.1 Å². The van der Waals surface area contributed by atoms with Crippen molar-refractivity contribution in [2.45, 2.75) is 12.8 Å². The van der Waals surface area contributed by atoms with E-state index in [2.05, 4.69) is 9.97 Å². The Bertz CT molecular complexity index is 1140. The van der Waals surface area contributed by atoms with Gasteiger partial charge in [-0.3, -0.25) is 23.6 Å². The van der Waals surface area contributed by atoms with Crippen LogP contribution in [0.15, 0.2) is 9.59 Å². The molecule has 1 N–H and O–H groups in total. The van der Waals surface area contributed by atoms with Crippen molar-refractivity contribution in [3.63, 3.8) is 0 Å². The van der Waals surface area contributed by atoms with Crippen LogP contribution in [0, 0.1) is 0 Å². The van der Waals surface area contributed by atoms with Gasteiger partial charge in [0.25, 0.3) is 5.56 Å². The number of aromatic amines is 1. The number of fused-ring (bicyclic) bond motifs is 1. The summed E-state index contributed by atoms with van der Waals surface area (Å²) in [6.07, 6.45) is 1.79. The normalized spacial score (nSPS) is 15.9. The van der Waals surface area contributed by atoms with E-state index in [1.54, 1.807) is 11.9 Å². The zero-order valence-electron chi connectivity index (χ0n) is 16.8. The number of imidazole rings is 1. The van der Waals surface area contributed by atoms with Crippen LogP contribution in [0.5, 0.6) is 0 Å². The summed E-state index contributed by atoms with van der Waals surface area (Å²) in [5.41, 5.74) is -0.375. The summed E-state index contributed by atoms with van der Waals surface area (Å²) in [5.74, 6) is 0.586. The minimum absolute atomic E-state index is 0.0185. The summed E-state index contributed by atoms with van der Waals surface area (Å²) < 4.78 is 24.9. The van der Waals surface area contributed by atoms with Crippen molar-refractivity contribution in [1.29, 1.82) is 0 Å². The van der Waals surface area contributed by atoms with Gasteiger partial charge in [-0.1, -0.05) is 0 Å². The molecule has 2 aromatic heterocycles. The summed E-state index contributed by atoms with van der Waals surface area (Å²) in [6, 6.07) is 0. The van der Waals surface area contributed by atoms with Gasteiger partial charge in [0.15, 0.2) is 5.65 Å². The summed E-state index contributed by atoms with van der Waals surface area (Å²) in [5, 5.41) is 0. The third-order valence-electron chi connectivity index (χ3n) is 5.22. The van der Waals surface area contributed by atoms with Crippen LogP contribution in [-0.2, 0) is 35.1 Å². The lowest BCUT2D eigenvalue weighted by Gasteiger charge is -2.34. The van der Waals surface area contributed by atoms with Crippen LogP contribution >= 0.6 is 0 Å². The molecule has 160 valence electrons. The molecule has 0 atom stereocenters. The van der Waals surface area contributed by atoms with Crippen molar-refractivity contribution in [2.24, 2.45) is 14.1 Å². The van der Waals surface area contributed by atoms with Crippen molar-refractivity contribution in [2.75, 3.05) is 44.7 Å². The molecule has 1 aliphatic rings. The molecular weight excluding hydrogens is 400 g/mol. The van der Waals surface area contributed by atoms with Gasteiger partial charge in [0, 0.05) is 65.9 Å². The van der Waals surface area contributed by atoms with Crippen LogP contribution in [0.25, 0.3) is 11.2 Å². The van der Waals surface area contributed by atoms with E-state index in [1.807, 2.05) is 4.90 Å². The molecule has 0 radical (unpaired) electrons. The fraction of sp³-hybridized carbons (Fsp3) is 0.647. The first kappa shape index (κ1) is 21.2. The minimum Gasteiger partial charge on any atom is -0.340 e. The smallest absolute Gasteiger partial charge is 0.332 e. The van der Waals surface area contributed by atoms with E-state index in [9.17, 15) is 22.8 Å². The monoisotopic (exact) mass is 426 g/mol. The number of H-pyrrole nitrogens is 1. The first-order valence-corrected chi connectivity index (χ1v) is 11.5. The number of aryl methyl sites for hydroxylation is 2. The number of nitrogens with one attached hydrogen (secondary N) is 1. The van der Waals surface area contributed by atoms with E-state index in [4.69, 9.17) is 0 Å². The summed E-state index contributed by atoms with van der Waals surface area (Å²) in [4.78, 5) is 47.7. The molecule has 1 fully saturated rings. The van der Waals surface area contributed by atoms with E-state index in [0.717, 1.165) is 4.57 Å². The Hall–Kier alpha value is -2.47. The van der Waals surface area contributed by atoms with E-state index in [0.29, 0.717) is 45.0 Å². The Kier molecular flexibility index (Phi) is 5.94. The molecule has 2 aromatic rings. The number of aromatic nitrogens is 4. The summed E-state index contributed by atoms with van der Waals surface area (Å²) in [6.45, 7) is 2.87. The molecule has 11 nitrogen and oxygen atoms in total. The topological polar surface area (TPSA) is 130 Å². The van der Waals surface area contributed by atoms with Gasteiger partial charge < -0.3 is 9.88 Å². The molecule has 29 heavy (non-hydrogen) atoms. The van der Waals surface area contributed by atoms with Crippen molar-refractivity contribution in [3.8, 4) is 0 Å². The first-order chi connectivity index (χ1) is 13.6. The minimum atomic E-state index is -2.99. The molecule has 0 unspecified atom stereocenters. The number of sulfone groups is 1. The van der Waals surface area contributed by atoms with E-state index in [-0.39, 0.29) is 29.2 Å². The van der Waals surface area contributed by atoms with Crippen LogP contribution in [0.4, 0.5) is 0 Å². The lowest BCUT2D eigenvalue weighted by Crippen LogP contribution is -2.49. The average molecular weight is 426 g/mol. The van der Waals surface area contributed by atoms with Crippen LogP contribution in [-0.4, -0.2) is 88.0 Å². The Labute approximate surface area is 167 Å². The maximum Gasteiger partial charge on any atom is 0.332 e. The predicted molar refractivity (Wildman–Crippen MR) is 108 cm³/mol. The number of nitrogens with zero attached hydrogens (tertiary/aromatic N) is 5. The molecule has 0 aliphatic carbocycles. The predicted octanol–water partition coefficient (Wildman–Crippen LogP) is -1.92. The molecule has 0 saturated carbocycles. The van der Waals surface area contributed by atoms with Crippen molar-refractivity contribution in [1.82, 2.24) is 28.9 Å². The van der Waals surface area contributed by atoms with Gasteiger partial charge in [0.05, 0.1) is 5.75 Å². The molecule has 3 heterocycles. The highest BCUT2D eigenvalue weighted by molar-refractivity contribution is 7.90. The quantitative estimate of drug-likeness (QED) is 0.570. The molecule has 0 aromatic carbocycles. The van der Waals surface area contributed by atoms with Gasteiger partial charge in [0.2, 0.25) is 5.91 Å². The highest BCUT2D eigenvalue weighted by atomic mass is 32.2. The molecule has 0 spiro atoms. The van der Waals surface area contributed by atoms with Crippen molar-refractivity contribution < 1.29 is 13.2 Å². The second-order valence-corrected chi connectivity index (χ2v) is 9.70. The van der Waals surface area contributed by atoms with Gasteiger partial charge in [-0.2, -0.15) is 0 Å². The second kappa shape index (κ2) is 8.11. The van der Waals surface area contributed by atoms with Gasteiger partial charge in [0.1, 0.15) is 21.2 Å². The van der Waals surface area contributed by atoms with Crippen molar-refractivity contribution in [3.05, 3.63) is 26.7 Å². The molecule has 0 bridgehead atoms. The first-order valence-electron chi connectivity index (χ1n) is 9.39. The Balaban J connectivity index is 1.58. The Morgan fingerprint density at radius 1 is 1.10 bits per heavy atom. The van der Waals surface area contributed by atoms with E-state index in [1.165, 1.54) is 17.9 Å². The highest BCUT2D eigenvalue weighted by Gasteiger charge is 2.22. The van der Waals surface area contributed by atoms with Crippen molar-refractivity contribution >= 4 is 26.9 Å². The maximum absolute atomic E-state index is 12.5. The standard InChI is InChI=1S/C17H26N6O5S/c1-20-15-14(16(25)21(2)17(20)26)18-12(19-15)4-5-13(24)23-8-6-22(7-9-23)10-11-29(3,27)28/h4-11H2,1-3H3,(H,18,19). The molecule has 1 amide bonds. The fourth-order valence-electron chi connectivity index (χ4n) is 3.39. The molecule has 3 rings (SSSR count). The maximum atomic E-state index is 12.5. The third-order valence-corrected chi connectivity index (χ3v) is 6.15. The van der Waals surface area contributed by atoms with Crippen LogP contribution in [0.3, 0.4) is 0 Å². The summed E-state index contributed by atoms with van der Waals surface area (Å²) in [7, 11) is -0.0419. The zero-order valence-corrected chi connectivity index (χ0v) is 17.7. The van der Waals surface area contributed by atoms with Crippen LogP contribution < -0.4 is 11.2 Å². The van der Waals surface area contributed by atoms with Crippen LogP contribution in [0.2, 0.25) is 0 Å². The molecule has 1 saturated heterocycles. The number of carbonyl (C=O) groups is 1. The Morgan fingerprint density at radius 2 is 1.76 bits per heavy atom. The fourth-order valence-corrected chi connectivity index (χ4v) is 3.98. The molecule has 1 aliphatic heterocycles. The number of hydrogen-bond acceptors (Lipinski definition) is 7. The number of rotatable bonds is 6. The van der Waals surface area contributed by atoms with Gasteiger partial charge in [-0.25, -0.2) is 18.2 Å². The molecule has 12 heteroatoms. The number of piperazine rings is 1. The largest absolute Gasteiger partial charge is 0.340 e. The number of carbonyl (C=O) groups excluding carboxylic acids is 1. The SMILES string of the molecule is Cn1c(=O)c2[nH]c(CCC(=O)N3CCN(CCS(C)(=O)=O)CC3)nc2n(C)c1=O. The Morgan fingerprint density at radius 3 is 2.38 bits per heavy atom. The van der Waals surface area contributed by atoms with E-state index >= 15 is 0 Å². The lowest BCUT2D eigenvalue weighted by atomic mass is 10.2. The number of hydrogen-bond donors (Lipinski definition) is 1. The van der Waals surface area contributed by atoms with Crippen LogP contribution in [0.1, 0.15) is 12.2 Å². The summed E-state index contributed by atoms with van der Waals surface area (Å²) >= 11 is 0. The zero-order chi connectivity index (χ0) is 21.3. The average Bonchev–Trinajstić information content (AvgIpc) is 3.11.